The maximum Gasteiger partial charge on any atom is 0.163 e. The zero-order chi connectivity index (χ0) is 6.91. The molecule has 1 saturated carbocycles. The Morgan fingerprint density at radius 1 is 1.78 bits per heavy atom. The number of carbonyl (C=O) groups excluding carboxylic acids is 1. The van der Waals surface area contributed by atoms with Gasteiger partial charge in [0.2, 0.25) is 0 Å². The second kappa shape index (κ2) is 2.11. The Morgan fingerprint density at radius 2 is 2.33 bits per heavy atom. The second-order valence-corrected chi connectivity index (χ2v) is 2.81. The minimum Gasteiger partial charge on any atom is -0.297 e. The highest BCUT2D eigenvalue weighted by molar-refractivity contribution is 9.09. The van der Waals surface area contributed by atoms with Crippen molar-refractivity contribution in [2.45, 2.75) is 12.8 Å². The minimum absolute atomic E-state index is 0.0324. The van der Waals surface area contributed by atoms with Crippen LogP contribution in [0.25, 0.3) is 0 Å². The predicted molar refractivity (Wildman–Crippen MR) is 36.1 cm³/mol. The monoisotopic (exact) mass is 187 g/mol. The van der Waals surface area contributed by atoms with Crippen LogP contribution in [-0.4, -0.2) is 11.1 Å². The molecule has 0 radical (unpaired) electrons. The van der Waals surface area contributed by atoms with E-state index in [0.29, 0.717) is 5.33 Å². The van der Waals surface area contributed by atoms with E-state index in [4.69, 9.17) is 5.26 Å². The van der Waals surface area contributed by atoms with Gasteiger partial charge in [-0.05, 0) is 12.8 Å². The summed E-state index contributed by atoms with van der Waals surface area (Å²) < 4.78 is 0. The summed E-state index contributed by atoms with van der Waals surface area (Å²) in [7, 11) is 0. The number of halogens is 1. The van der Waals surface area contributed by atoms with Gasteiger partial charge in [-0.3, -0.25) is 4.79 Å². The van der Waals surface area contributed by atoms with Crippen LogP contribution < -0.4 is 0 Å². The van der Waals surface area contributed by atoms with Crippen LogP contribution in [0.4, 0.5) is 0 Å². The highest BCUT2D eigenvalue weighted by Crippen LogP contribution is 2.45. The highest BCUT2D eigenvalue weighted by atomic mass is 79.9. The van der Waals surface area contributed by atoms with Crippen LogP contribution >= 0.6 is 15.9 Å². The van der Waals surface area contributed by atoms with Gasteiger partial charge in [0, 0.05) is 0 Å². The van der Waals surface area contributed by atoms with Crippen LogP contribution in [0.5, 0.6) is 0 Å². The van der Waals surface area contributed by atoms with Crippen LogP contribution in [0.3, 0.4) is 0 Å². The van der Waals surface area contributed by atoms with Crippen molar-refractivity contribution in [3.05, 3.63) is 0 Å². The van der Waals surface area contributed by atoms with Gasteiger partial charge >= 0.3 is 0 Å². The van der Waals surface area contributed by atoms with Crippen molar-refractivity contribution in [2.24, 2.45) is 5.41 Å². The first kappa shape index (κ1) is 6.76. The smallest absolute Gasteiger partial charge is 0.163 e. The summed E-state index contributed by atoms with van der Waals surface area (Å²) in [5.41, 5.74) is -0.580. The first-order chi connectivity index (χ1) is 4.25. The molecule has 1 aliphatic carbocycles. The quantitative estimate of drug-likeness (QED) is 0.612. The lowest BCUT2D eigenvalue weighted by Crippen LogP contribution is -2.13. The molecule has 0 heterocycles. The summed E-state index contributed by atoms with van der Waals surface area (Å²) in [5, 5.41) is 8.79. The molecule has 2 nitrogen and oxygen atoms in total. The molecule has 0 bridgehead atoms. The molecule has 1 aliphatic rings. The van der Waals surface area contributed by atoms with E-state index >= 15 is 0 Å². The van der Waals surface area contributed by atoms with Gasteiger partial charge in [-0.15, -0.1) is 0 Å². The van der Waals surface area contributed by atoms with E-state index in [1.54, 1.807) is 0 Å². The summed E-state index contributed by atoms with van der Waals surface area (Å²) in [6.45, 7) is 0. The van der Waals surface area contributed by atoms with E-state index < -0.39 is 5.41 Å². The lowest BCUT2D eigenvalue weighted by Gasteiger charge is -1.96. The Kier molecular flexibility index (Phi) is 1.58. The molecule has 1 fully saturated rings. The average Bonchev–Trinajstić information content (AvgIpc) is 2.66. The largest absolute Gasteiger partial charge is 0.297 e. The fourth-order valence-corrected chi connectivity index (χ4v) is 1.24. The average molecular weight is 188 g/mol. The number of hydrogen-bond donors (Lipinski definition) is 0. The van der Waals surface area contributed by atoms with Crippen molar-refractivity contribution >= 4 is 21.7 Å². The Morgan fingerprint density at radius 3 is 2.44 bits per heavy atom. The molecule has 0 atom stereocenters. The topological polar surface area (TPSA) is 40.9 Å². The first-order valence-electron chi connectivity index (χ1n) is 2.76. The molecule has 0 spiro atoms. The maximum atomic E-state index is 10.9. The minimum atomic E-state index is -0.580. The van der Waals surface area contributed by atoms with Crippen LogP contribution in [0.15, 0.2) is 0 Å². The first-order valence-corrected chi connectivity index (χ1v) is 3.88. The lowest BCUT2D eigenvalue weighted by atomic mass is 10.1. The third-order valence-corrected chi connectivity index (χ3v) is 2.13. The van der Waals surface area contributed by atoms with E-state index in [0.717, 1.165) is 12.8 Å². The third kappa shape index (κ3) is 0.994. The Hall–Kier alpha value is -0.360. The molecule has 0 aromatic rings. The van der Waals surface area contributed by atoms with E-state index in [9.17, 15) is 4.79 Å². The SMILES string of the molecule is N#CC1(C(=O)CBr)CC1. The Bertz CT molecular complexity index is 178. The lowest BCUT2D eigenvalue weighted by molar-refractivity contribution is -0.119. The molecular formula is C6H6BrNO. The van der Waals surface area contributed by atoms with Gasteiger partial charge in [0.05, 0.1) is 11.4 Å². The summed E-state index contributed by atoms with van der Waals surface area (Å²) in [6.07, 6.45) is 1.52. The summed E-state index contributed by atoms with van der Waals surface area (Å²) in [4.78, 5) is 10.9. The number of ketones is 1. The highest BCUT2D eigenvalue weighted by Gasteiger charge is 2.49. The maximum absolute atomic E-state index is 10.9. The molecule has 0 amide bonds. The van der Waals surface area contributed by atoms with E-state index in [-0.39, 0.29) is 5.78 Å². The molecule has 0 N–H and O–H groups in total. The fourth-order valence-electron chi connectivity index (χ4n) is 0.706. The number of carbonyl (C=O) groups is 1. The molecule has 48 valence electrons. The summed E-state index contributed by atoms with van der Waals surface area (Å²) >= 11 is 3.03. The molecule has 3 heteroatoms. The van der Waals surface area contributed by atoms with Crippen molar-refractivity contribution in [3.8, 4) is 6.07 Å². The van der Waals surface area contributed by atoms with Crippen molar-refractivity contribution in [1.82, 2.24) is 0 Å². The number of rotatable bonds is 2. The van der Waals surface area contributed by atoms with Crippen LogP contribution in [-0.2, 0) is 4.79 Å². The molecule has 0 aromatic heterocycles. The summed E-state index contributed by atoms with van der Waals surface area (Å²) in [6, 6.07) is 2.02. The van der Waals surface area contributed by atoms with Crippen LogP contribution in [0.2, 0.25) is 0 Å². The molecule has 0 saturated heterocycles. The zero-order valence-corrected chi connectivity index (χ0v) is 6.44. The van der Waals surface area contributed by atoms with Gasteiger partial charge in [0.15, 0.2) is 5.78 Å². The molecule has 0 unspecified atom stereocenters. The number of Topliss-reactive ketones (excluding diaryl/α,β-unsaturated/α-hetero) is 1. The Labute approximate surface area is 62.0 Å². The molecule has 1 rings (SSSR count). The van der Waals surface area contributed by atoms with Crippen LogP contribution in [0.1, 0.15) is 12.8 Å². The van der Waals surface area contributed by atoms with E-state index in [1.807, 2.05) is 6.07 Å². The summed E-state index contributed by atoms with van der Waals surface area (Å²) in [5.74, 6) is 0.0324. The number of alkyl halides is 1. The number of nitriles is 1. The van der Waals surface area contributed by atoms with E-state index in [1.165, 1.54) is 0 Å². The van der Waals surface area contributed by atoms with Gasteiger partial charge in [0.25, 0.3) is 0 Å². The normalized spacial score (nSPS) is 20.4. The van der Waals surface area contributed by atoms with Crippen molar-refractivity contribution in [3.63, 3.8) is 0 Å². The molecule has 9 heavy (non-hydrogen) atoms. The molecule has 0 aromatic carbocycles. The molecular weight excluding hydrogens is 182 g/mol. The zero-order valence-electron chi connectivity index (χ0n) is 4.85. The fraction of sp³-hybridized carbons (Fsp3) is 0.667. The van der Waals surface area contributed by atoms with Gasteiger partial charge in [-0.25, -0.2) is 0 Å². The van der Waals surface area contributed by atoms with Gasteiger partial charge in [-0.1, -0.05) is 15.9 Å². The van der Waals surface area contributed by atoms with E-state index in [2.05, 4.69) is 15.9 Å². The van der Waals surface area contributed by atoms with Crippen LogP contribution in [0, 0.1) is 16.7 Å². The molecule has 0 aliphatic heterocycles. The second-order valence-electron chi connectivity index (χ2n) is 2.25. The Balaban J connectivity index is 2.63. The number of hydrogen-bond acceptors (Lipinski definition) is 2. The van der Waals surface area contributed by atoms with Gasteiger partial charge in [0.1, 0.15) is 5.41 Å². The standard InChI is InChI=1S/C6H6BrNO/c7-3-5(9)6(4-8)1-2-6/h1-3H2. The van der Waals surface area contributed by atoms with Crippen molar-refractivity contribution in [2.75, 3.05) is 5.33 Å². The van der Waals surface area contributed by atoms with Crippen molar-refractivity contribution in [1.29, 1.82) is 5.26 Å². The van der Waals surface area contributed by atoms with Gasteiger partial charge in [-0.2, -0.15) is 5.26 Å². The predicted octanol–water partition coefficient (Wildman–Crippen LogP) is 1.25. The number of nitrogens with zero attached hydrogens (tertiary/aromatic N) is 1. The van der Waals surface area contributed by atoms with Gasteiger partial charge < -0.3 is 0 Å². The third-order valence-electron chi connectivity index (χ3n) is 1.62. The van der Waals surface area contributed by atoms with Crippen molar-refractivity contribution < 1.29 is 4.79 Å².